The van der Waals surface area contributed by atoms with E-state index >= 15 is 0 Å². The zero-order valence-electron chi connectivity index (χ0n) is 17.2. The molecule has 0 spiro atoms. The Morgan fingerprint density at radius 3 is 2.59 bits per heavy atom. The molecule has 0 amide bonds. The molecule has 3 aromatic carbocycles. The quantitative estimate of drug-likeness (QED) is 0.527. The van der Waals surface area contributed by atoms with Gasteiger partial charge in [0, 0.05) is 12.1 Å². The normalized spacial score (nSPS) is 19.9. The Morgan fingerprint density at radius 2 is 1.79 bits per heavy atom. The van der Waals surface area contributed by atoms with E-state index in [9.17, 15) is 4.79 Å². The zero-order valence-corrected chi connectivity index (χ0v) is 17.2. The summed E-state index contributed by atoms with van der Waals surface area (Å²) in [6.07, 6.45) is 3.49. The average Bonchev–Trinajstić information content (AvgIpc) is 3.22. The van der Waals surface area contributed by atoms with Crippen LogP contribution >= 0.6 is 0 Å². The van der Waals surface area contributed by atoms with E-state index in [-0.39, 0.29) is 5.97 Å². The number of benzene rings is 3. The van der Waals surface area contributed by atoms with Crippen LogP contribution in [-0.4, -0.2) is 18.6 Å². The minimum Gasteiger partial charge on any atom is -0.462 e. The maximum absolute atomic E-state index is 11.8. The number of carbonyl (C=O) groups is 1. The van der Waals surface area contributed by atoms with E-state index < -0.39 is 0 Å². The molecule has 0 radical (unpaired) electrons. The van der Waals surface area contributed by atoms with Gasteiger partial charge in [-0.2, -0.15) is 0 Å². The predicted molar refractivity (Wildman–Crippen MR) is 118 cm³/mol. The monoisotopic (exact) mass is 387 g/mol. The van der Waals surface area contributed by atoms with Gasteiger partial charge in [-0.05, 0) is 73.1 Å². The first-order valence-corrected chi connectivity index (χ1v) is 10.7. The molecule has 0 bridgehead atoms. The van der Waals surface area contributed by atoms with E-state index in [1.165, 1.54) is 34.7 Å². The van der Waals surface area contributed by atoms with Crippen LogP contribution in [0.25, 0.3) is 10.8 Å². The van der Waals surface area contributed by atoms with Gasteiger partial charge in [-0.1, -0.05) is 54.6 Å². The summed E-state index contributed by atoms with van der Waals surface area (Å²) >= 11 is 0. The number of ether oxygens (including phenoxy) is 1. The Hall–Kier alpha value is -2.65. The van der Waals surface area contributed by atoms with Gasteiger partial charge in [0.15, 0.2) is 0 Å². The third-order valence-electron chi connectivity index (χ3n) is 6.10. The molecule has 0 saturated heterocycles. The first-order valence-electron chi connectivity index (χ1n) is 10.7. The van der Waals surface area contributed by atoms with Crippen molar-refractivity contribution in [3.05, 3.63) is 83.4 Å². The van der Waals surface area contributed by atoms with Crippen molar-refractivity contribution in [3.8, 4) is 0 Å². The third kappa shape index (κ3) is 4.35. The van der Waals surface area contributed by atoms with Gasteiger partial charge in [0.2, 0.25) is 0 Å². The van der Waals surface area contributed by atoms with E-state index in [2.05, 4.69) is 66.8 Å². The van der Waals surface area contributed by atoms with E-state index in [1.807, 2.05) is 19.1 Å². The molecule has 3 unspecified atom stereocenters. The van der Waals surface area contributed by atoms with Crippen LogP contribution in [0.3, 0.4) is 0 Å². The minimum atomic E-state index is -0.242. The Kier molecular flexibility index (Phi) is 5.96. The third-order valence-corrected chi connectivity index (χ3v) is 6.10. The van der Waals surface area contributed by atoms with Gasteiger partial charge in [0.05, 0.1) is 12.2 Å². The Bertz CT molecular complexity index is 974. The Balaban J connectivity index is 1.40. The molecule has 0 aromatic heterocycles. The Morgan fingerprint density at radius 1 is 1.03 bits per heavy atom. The second-order valence-corrected chi connectivity index (χ2v) is 8.01. The summed E-state index contributed by atoms with van der Waals surface area (Å²) in [4.78, 5) is 11.8. The summed E-state index contributed by atoms with van der Waals surface area (Å²) in [5, 5.41) is 6.49. The molecule has 3 aromatic rings. The first kappa shape index (κ1) is 19.7. The zero-order chi connectivity index (χ0) is 20.2. The van der Waals surface area contributed by atoms with Gasteiger partial charge >= 0.3 is 5.97 Å². The van der Waals surface area contributed by atoms with Gasteiger partial charge in [-0.25, -0.2) is 4.79 Å². The molecule has 150 valence electrons. The first-order chi connectivity index (χ1) is 14.2. The number of esters is 1. The number of nitrogens with one attached hydrogen (secondary N) is 1. The SMILES string of the molecule is CCOC(=O)c1ccc(C2CCC(NC(C)c3cccc4ccccc34)C2)cc1. The van der Waals surface area contributed by atoms with Crippen molar-refractivity contribution in [2.75, 3.05) is 6.61 Å². The lowest BCUT2D eigenvalue weighted by Crippen LogP contribution is -2.29. The number of hydrogen-bond donors (Lipinski definition) is 1. The van der Waals surface area contributed by atoms with Crippen molar-refractivity contribution in [2.24, 2.45) is 0 Å². The minimum absolute atomic E-state index is 0.242. The summed E-state index contributed by atoms with van der Waals surface area (Å²) < 4.78 is 5.08. The second kappa shape index (κ2) is 8.79. The average molecular weight is 388 g/mol. The summed E-state index contributed by atoms with van der Waals surface area (Å²) in [7, 11) is 0. The molecule has 1 aliphatic carbocycles. The van der Waals surface area contributed by atoms with Crippen LogP contribution in [0.1, 0.15) is 66.6 Å². The fraction of sp³-hybridized carbons (Fsp3) is 0.346. The van der Waals surface area contributed by atoms with Crippen LogP contribution in [0, 0.1) is 0 Å². The lowest BCUT2D eigenvalue weighted by molar-refractivity contribution is 0.0526. The van der Waals surface area contributed by atoms with E-state index in [1.54, 1.807) is 0 Å². The van der Waals surface area contributed by atoms with Crippen molar-refractivity contribution in [1.29, 1.82) is 0 Å². The second-order valence-electron chi connectivity index (χ2n) is 8.01. The van der Waals surface area contributed by atoms with Crippen molar-refractivity contribution in [3.63, 3.8) is 0 Å². The van der Waals surface area contributed by atoms with E-state index in [0.717, 1.165) is 6.42 Å². The molecule has 3 atom stereocenters. The van der Waals surface area contributed by atoms with Gasteiger partial charge in [-0.3, -0.25) is 0 Å². The van der Waals surface area contributed by atoms with Crippen molar-refractivity contribution in [1.82, 2.24) is 5.32 Å². The van der Waals surface area contributed by atoms with Crippen LogP contribution in [0.2, 0.25) is 0 Å². The molecule has 3 nitrogen and oxygen atoms in total. The molecule has 1 fully saturated rings. The number of rotatable bonds is 6. The predicted octanol–water partition coefficient (Wildman–Crippen LogP) is 6.00. The summed E-state index contributed by atoms with van der Waals surface area (Å²) in [5.41, 5.74) is 3.32. The van der Waals surface area contributed by atoms with Gasteiger partial charge < -0.3 is 10.1 Å². The summed E-state index contributed by atoms with van der Waals surface area (Å²) in [5.74, 6) is 0.303. The maximum atomic E-state index is 11.8. The van der Waals surface area contributed by atoms with Crippen LogP contribution in [0.5, 0.6) is 0 Å². The highest BCUT2D eigenvalue weighted by Crippen LogP contribution is 2.36. The van der Waals surface area contributed by atoms with Crippen LogP contribution < -0.4 is 5.32 Å². The van der Waals surface area contributed by atoms with Crippen LogP contribution in [-0.2, 0) is 4.74 Å². The highest BCUT2D eigenvalue weighted by molar-refractivity contribution is 5.89. The molecule has 29 heavy (non-hydrogen) atoms. The van der Waals surface area contributed by atoms with Gasteiger partial charge in [-0.15, -0.1) is 0 Å². The fourth-order valence-corrected chi connectivity index (χ4v) is 4.61. The lowest BCUT2D eigenvalue weighted by atomic mass is 9.96. The topological polar surface area (TPSA) is 38.3 Å². The van der Waals surface area contributed by atoms with Gasteiger partial charge in [0.25, 0.3) is 0 Å². The van der Waals surface area contributed by atoms with Crippen molar-refractivity contribution < 1.29 is 9.53 Å². The van der Waals surface area contributed by atoms with Crippen molar-refractivity contribution in [2.45, 2.75) is 51.1 Å². The molecule has 1 N–H and O–H groups in total. The molecule has 0 aliphatic heterocycles. The Labute approximate surface area is 173 Å². The number of hydrogen-bond acceptors (Lipinski definition) is 3. The molecule has 3 heteroatoms. The number of fused-ring (bicyclic) bond motifs is 1. The molecule has 0 heterocycles. The molecule has 1 saturated carbocycles. The molecule has 1 aliphatic rings. The fourth-order valence-electron chi connectivity index (χ4n) is 4.61. The molecular formula is C26H29NO2. The smallest absolute Gasteiger partial charge is 0.338 e. The molecular weight excluding hydrogens is 358 g/mol. The van der Waals surface area contributed by atoms with Crippen LogP contribution in [0.15, 0.2) is 66.7 Å². The lowest BCUT2D eigenvalue weighted by Gasteiger charge is -2.21. The van der Waals surface area contributed by atoms with Crippen molar-refractivity contribution >= 4 is 16.7 Å². The summed E-state index contributed by atoms with van der Waals surface area (Å²) in [6.45, 7) is 4.51. The molecule has 4 rings (SSSR count). The highest BCUT2D eigenvalue weighted by Gasteiger charge is 2.27. The standard InChI is InChI=1S/C26H29NO2/c1-3-29-26(28)21-13-11-19(12-14-21)22-15-16-23(17-22)27-18(2)24-10-6-8-20-7-4-5-9-25(20)24/h4-14,18,22-23,27H,3,15-17H2,1-2H3. The van der Waals surface area contributed by atoms with E-state index in [0.29, 0.717) is 30.2 Å². The van der Waals surface area contributed by atoms with E-state index in [4.69, 9.17) is 4.74 Å². The number of carbonyl (C=O) groups excluding carboxylic acids is 1. The van der Waals surface area contributed by atoms with Crippen LogP contribution in [0.4, 0.5) is 0 Å². The highest BCUT2D eigenvalue weighted by atomic mass is 16.5. The largest absolute Gasteiger partial charge is 0.462 e. The maximum Gasteiger partial charge on any atom is 0.338 e. The summed E-state index contributed by atoms with van der Waals surface area (Å²) in [6, 6.07) is 24.0. The van der Waals surface area contributed by atoms with Gasteiger partial charge in [0.1, 0.15) is 0 Å².